The van der Waals surface area contributed by atoms with Crippen molar-refractivity contribution < 1.29 is 18.4 Å². The number of benzene rings is 1. The minimum absolute atomic E-state index is 0.0272. The first-order valence-corrected chi connectivity index (χ1v) is 7.13. The number of sulfonamides is 1. The number of phenols is 1. The molecule has 11 heteroatoms. The van der Waals surface area contributed by atoms with Crippen LogP contribution in [0.3, 0.4) is 0 Å². The third-order valence-electron chi connectivity index (χ3n) is 2.33. The zero-order valence-electron chi connectivity index (χ0n) is 10.1. The number of rotatable bonds is 4. The van der Waals surface area contributed by atoms with Crippen molar-refractivity contribution in [3.05, 3.63) is 45.9 Å². The number of nitrogens with one attached hydrogen (secondary N) is 1. The summed E-state index contributed by atoms with van der Waals surface area (Å²) in [5.74, 6) is -0.727. The van der Waals surface area contributed by atoms with Gasteiger partial charge in [-0.3, -0.25) is 14.8 Å². The van der Waals surface area contributed by atoms with Crippen molar-refractivity contribution in [1.82, 2.24) is 9.97 Å². The van der Waals surface area contributed by atoms with E-state index in [9.17, 15) is 23.6 Å². The van der Waals surface area contributed by atoms with Crippen LogP contribution in [-0.4, -0.2) is 28.4 Å². The fraction of sp³-hybridized carbons (Fsp3) is 0. The average Bonchev–Trinajstić information content (AvgIpc) is 2.38. The lowest BCUT2D eigenvalue weighted by Crippen LogP contribution is -2.14. The standard InChI is InChI=1S/C10H7ClN4O5S/c11-9-4-10(13-5-12-9)14-21(19,20)6-1-2-8(16)7(3-6)15(17)18/h1-5,16H,(H,12,13,14). The molecule has 0 radical (unpaired) electrons. The van der Waals surface area contributed by atoms with Crippen molar-refractivity contribution >= 4 is 33.1 Å². The lowest BCUT2D eigenvalue weighted by Gasteiger charge is -2.07. The molecule has 0 aliphatic heterocycles. The fourth-order valence-corrected chi connectivity index (χ4v) is 2.57. The second-order valence-electron chi connectivity index (χ2n) is 3.74. The van der Waals surface area contributed by atoms with Gasteiger partial charge in [0.25, 0.3) is 10.0 Å². The van der Waals surface area contributed by atoms with Gasteiger partial charge in [0, 0.05) is 12.1 Å². The van der Waals surface area contributed by atoms with Crippen LogP contribution >= 0.6 is 11.6 Å². The van der Waals surface area contributed by atoms with E-state index >= 15 is 0 Å². The van der Waals surface area contributed by atoms with E-state index in [4.69, 9.17) is 11.6 Å². The molecule has 0 saturated heterocycles. The molecule has 1 aromatic heterocycles. The van der Waals surface area contributed by atoms with Crippen LogP contribution in [0.5, 0.6) is 5.75 Å². The maximum Gasteiger partial charge on any atom is 0.312 e. The number of hydrogen-bond acceptors (Lipinski definition) is 7. The van der Waals surface area contributed by atoms with E-state index in [-0.39, 0.29) is 11.0 Å². The van der Waals surface area contributed by atoms with Crippen LogP contribution in [0.4, 0.5) is 11.5 Å². The number of nitrogens with zero attached hydrogens (tertiary/aromatic N) is 3. The second-order valence-corrected chi connectivity index (χ2v) is 5.81. The van der Waals surface area contributed by atoms with Gasteiger partial charge in [-0.25, -0.2) is 18.4 Å². The lowest BCUT2D eigenvalue weighted by atomic mass is 10.3. The molecule has 2 N–H and O–H groups in total. The number of nitro groups is 1. The van der Waals surface area contributed by atoms with E-state index in [2.05, 4.69) is 14.7 Å². The highest BCUT2D eigenvalue weighted by atomic mass is 35.5. The first-order chi connectivity index (χ1) is 9.79. The highest BCUT2D eigenvalue weighted by Gasteiger charge is 2.21. The smallest absolute Gasteiger partial charge is 0.312 e. The normalized spacial score (nSPS) is 11.1. The van der Waals surface area contributed by atoms with Gasteiger partial charge in [0.05, 0.1) is 9.82 Å². The van der Waals surface area contributed by atoms with E-state index in [1.807, 2.05) is 0 Å². The minimum Gasteiger partial charge on any atom is -0.502 e. The number of phenolic OH excluding ortho intramolecular Hbond substituents is 1. The van der Waals surface area contributed by atoms with Gasteiger partial charge >= 0.3 is 5.69 Å². The van der Waals surface area contributed by atoms with Crippen molar-refractivity contribution in [3.63, 3.8) is 0 Å². The third-order valence-corrected chi connectivity index (χ3v) is 3.89. The number of anilines is 1. The van der Waals surface area contributed by atoms with Gasteiger partial charge in [0.2, 0.25) is 0 Å². The molecular weight excluding hydrogens is 324 g/mol. The van der Waals surface area contributed by atoms with E-state index in [0.717, 1.165) is 24.5 Å². The Kier molecular flexibility index (Phi) is 3.91. The number of halogens is 1. The SMILES string of the molecule is O=[N+]([O-])c1cc(S(=O)(=O)Nc2cc(Cl)ncn2)ccc1O. The van der Waals surface area contributed by atoms with Crippen LogP contribution in [0, 0.1) is 10.1 Å². The first-order valence-electron chi connectivity index (χ1n) is 5.27. The molecule has 2 aromatic rings. The number of nitro benzene ring substituents is 1. The third kappa shape index (κ3) is 3.35. The van der Waals surface area contributed by atoms with Crippen LogP contribution in [0.25, 0.3) is 0 Å². The van der Waals surface area contributed by atoms with Crippen molar-refractivity contribution in [1.29, 1.82) is 0 Å². The molecule has 0 aliphatic carbocycles. The summed E-state index contributed by atoms with van der Waals surface area (Å²) in [7, 11) is -4.12. The van der Waals surface area contributed by atoms with Gasteiger partial charge < -0.3 is 5.11 Å². The largest absolute Gasteiger partial charge is 0.502 e. The van der Waals surface area contributed by atoms with Gasteiger partial charge in [-0.05, 0) is 12.1 Å². The molecule has 0 unspecified atom stereocenters. The Morgan fingerprint density at radius 3 is 2.62 bits per heavy atom. The molecule has 0 fully saturated rings. The van der Waals surface area contributed by atoms with Gasteiger partial charge in [-0.2, -0.15) is 0 Å². The minimum atomic E-state index is -4.12. The van der Waals surface area contributed by atoms with Crippen molar-refractivity contribution in [2.24, 2.45) is 0 Å². The molecule has 2 rings (SSSR count). The van der Waals surface area contributed by atoms with Crippen LogP contribution in [-0.2, 0) is 10.0 Å². The Morgan fingerprint density at radius 1 is 1.29 bits per heavy atom. The predicted octanol–water partition coefficient (Wildman–Crippen LogP) is 1.54. The van der Waals surface area contributed by atoms with Gasteiger partial charge in [-0.15, -0.1) is 0 Å². The topological polar surface area (TPSA) is 135 Å². The van der Waals surface area contributed by atoms with Crippen LogP contribution in [0.15, 0.2) is 35.5 Å². The van der Waals surface area contributed by atoms with Crippen LogP contribution in [0.1, 0.15) is 0 Å². The summed E-state index contributed by atoms with van der Waals surface area (Å²) in [5.41, 5.74) is -0.724. The molecular formula is C10H7ClN4O5S. The summed E-state index contributed by atoms with van der Waals surface area (Å²) in [6.07, 6.45) is 1.06. The fourth-order valence-electron chi connectivity index (χ4n) is 1.40. The predicted molar refractivity (Wildman–Crippen MR) is 72.6 cm³/mol. The Hall–Kier alpha value is -2.46. The van der Waals surface area contributed by atoms with E-state index in [1.165, 1.54) is 6.07 Å². The molecule has 0 atom stereocenters. The van der Waals surface area contributed by atoms with Gasteiger partial charge in [0.1, 0.15) is 17.3 Å². The zero-order valence-corrected chi connectivity index (χ0v) is 11.7. The highest BCUT2D eigenvalue weighted by molar-refractivity contribution is 7.92. The Balaban J connectivity index is 2.40. The molecule has 110 valence electrons. The maximum absolute atomic E-state index is 12.1. The number of hydrogen-bond donors (Lipinski definition) is 2. The van der Waals surface area contributed by atoms with Crippen molar-refractivity contribution in [2.45, 2.75) is 4.90 Å². The van der Waals surface area contributed by atoms with Gasteiger partial charge in [0.15, 0.2) is 5.75 Å². The molecule has 1 heterocycles. The van der Waals surface area contributed by atoms with Crippen LogP contribution in [0.2, 0.25) is 5.15 Å². The Morgan fingerprint density at radius 2 is 2.00 bits per heavy atom. The Bertz CT molecular complexity index is 811. The van der Waals surface area contributed by atoms with Crippen LogP contribution < -0.4 is 4.72 Å². The van der Waals surface area contributed by atoms with Crippen molar-refractivity contribution in [3.8, 4) is 5.75 Å². The summed E-state index contributed by atoms with van der Waals surface area (Å²) in [5, 5.41) is 20.0. The number of aromatic nitrogens is 2. The highest BCUT2D eigenvalue weighted by Crippen LogP contribution is 2.28. The monoisotopic (exact) mass is 330 g/mol. The summed E-state index contributed by atoms with van der Waals surface area (Å²) in [4.78, 5) is 16.6. The van der Waals surface area contributed by atoms with E-state index < -0.39 is 31.3 Å². The van der Waals surface area contributed by atoms with E-state index in [1.54, 1.807) is 0 Å². The molecule has 21 heavy (non-hydrogen) atoms. The number of aromatic hydroxyl groups is 1. The summed E-state index contributed by atoms with van der Waals surface area (Å²) in [6, 6.07) is 3.85. The molecule has 1 aromatic carbocycles. The molecule has 0 aliphatic rings. The van der Waals surface area contributed by atoms with Gasteiger partial charge in [-0.1, -0.05) is 11.6 Å². The first kappa shape index (κ1) is 14.9. The summed E-state index contributed by atoms with van der Waals surface area (Å²) in [6.45, 7) is 0. The Labute approximate surface area is 123 Å². The quantitative estimate of drug-likeness (QED) is 0.493. The second kappa shape index (κ2) is 5.50. The lowest BCUT2D eigenvalue weighted by molar-refractivity contribution is -0.386. The molecule has 0 spiro atoms. The van der Waals surface area contributed by atoms with Crippen molar-refractivity contribution in [2.75, 3.05) is 4.72 Å². The average molecular weight is 331 g/mol. The molecule has 9 nitrogen and oxygen atoms in total. The molecule has 0 bridgehead atoms. The van der Waals surface area contributed by atoms with E-state index in [0.29, 0.717) is 0 Å². The summed E-state index contributed by atoms with van der Waals surface area (Å²) < 4.78 is 26.3. The molecule has 0 amide bonds. The zero-order chi connectivity index (χ0) is 15.6. The maximum atomic E-state index is 12.1. The summed E-state index contributed by atoms with van der Waals surface area (Å²) >= 11 is 5.60. The molecule has 0 saturated carbocycles.